The number of aromatic nitrogens is 3. The number of ether oxygens (including phenoxy) is 1. The molecule has 2 aromatic heterocycles. The molecule has 492 valence electrons. The Kier molecular flexibility index (Phi) is 21.7. The summed E-state index contributed by atoms with van der Waals surface area (Å²) in [6, 6.07) is 8.16. The molecule has 25 heteroatoms. The van der Waals surface area contributed by atoms with Crippen LogP contribution in [0.5, 0.6) is 5.75 Å². The van der Waals surface area contributed by atoms with E-state index in [0.717, 1.165) is 85.2 Å². The van der Waals surface area contributed by atoms with Gasteiger partial charge in [-0.25, -0.2) is 28.1 Å². The third-order valence-corrected chi connectivity index (χ3v) is 18.8. The van der Waals surface area contributed by atoms with E-state index < -0.39 is 81.8 Å². The molecule has 4 N–H and O–H groups in total. The van der Waals surface area contributed by atoms with Crippen molar-refractivity contribution in [3.8, 4) is 27.3 Å². The van der Waals surface area contributed by atoms with Crippen molar-refractivity contribution in [3.05, 3.63) is 100 Å². The average Bonchev–Trinajstić information content (AvgIpc) is 1.77. The largest absolute Gasteiger partial charge is 0.493 e. The zero-order valence-electron chi connectivity index (χ0n) is 52.7. The second-order valence-electron chi connectivity index (χ2n) is 25.8. The molecule has 5 atom stereocenters. The van der Waals surface area contributed by atoms with Gasteiger partial charge in [-0.1, -0.05) is 71.4 Å². The number of β-amino-alcohol motifs (C(OH)–C–C–N with tert-alkyl or cyclic N) is 1. The average molecular weight is 1290 g/mol. The number of carbonyl (C=O) groups is 5. The third kappa shape index (κ3) is 16.8. The van der Waals surface area contributed by atoms with E-state index in [2.05, 4.69) is 35.8 Å². The molecule has 0 unspecified atom stereocenters. The summed E-state index contributed by atoms with van der Waals surface area (Å²) in [5.41, 5.74) is -0.0908. The molecule has 5 heterocycles. The van der Waals surface area contributed by atoms with Crippen LogP contribution in [0.1, 0.15) is 139 Å². The highest BCUT2D eigenvalue weighted by Crippen LogP contribution is 2.42. The summed E-state index contributed by atoms with van der Waals surface area (Å²) in [5, 5.41) is 18.8. The molecule has 3 aliphatic heterocycles. The molecule has 1 saturated carbocycles. The van der Waals surface area contributed by atoms with Gasteiger partial charge in [-0.2, -0.15) is 13.2 Å². The van der Waals surface area contributed by atoms with Gasteiger partial charge in [0.1, 0.15) is 29.5 Å². The van der Waals surface area contributed by atoms with Crippen LogP contribution in [0.15, 0.2) is 66.4 Å². The molecule has 0 spiro atoms. The summed E-state index contributed by atoms with van der Waals surface area (Å²) in [4.78, 5) is 91.0. The van der Waals surface area contributed by atoms with Gasteiger partial charge in [-0.15, -0.1) is 11.3 Å². The van der Waals surface area contributed by atoms with Gasteiger partial charge >= 0.3 is 6.18 Å². The van der Waals surface area contributed by atoms with E-state index in [9.17, 15) is 51.0 Å². The van der Waals surface area contributed by atoms with Gasteiger partial charge in [-0.05, 0) is 101 Å². The third-order valence-electron chi connectivity index (χ3n) is 17.8. The molecule has 3 aromatic carbocycles. The number of rotatable bonds is 24. The Morgan fingerprint density at radius 2 is 1.47 bits per heavy atom. The number of thiazole rings is 1. The highest BCUT2D eigenvalue weighted by molar-refractivity contribution is 7.13. The lowest BCUT2D eigenvalue weighted by Gasteiger charge is -2.44. The monoisotopic (exact) mass is 1290 g/mol. The van der Waals surface area contributed by atoms with Gasteiger partial charge in [-0.3, -0.25) is 28.9 Å². The number of aryl methyl sites for hydroxylation is 1. The predicted octanol–water partition coefficient (Wildman–Crippen LogP) is 10.5. The van der Waals surface area contributed by atoms with Crippen molar-refractivity contribution in [1.29, 1.82) is 0 Å². The number of unbranched alkanes of at least 4 members (excludes halogenated alkanes) is 7. The number of hydrogen-bond acceptors (Lipinski definition) is 14. The van der Waals surface area contributed by atoms with E-state index in [1.165, 1.54) is 40.8 Å². The molecule has 3 saturated heterocycles. The normalized spacial score (nSPS) is 19.7. The Balaban J connectivity index is 0.701. The summed E-state index contributed by atoms with van der Waals surface area (Å²) in [7, 11) is 1.97. The number of alkyl halides is 4. The van der Waals surface area contributed by atoms with Crippen molar-refractivity contribution in [1.82, 2.24) is 40.3 Å². The zero-order chi connectivity index (χ0) is 65.5. The maximum absolute atomic E-state index is 16.2. The molecule has 9 rings (SSSR count). The summed E-state index contributed by atoms with van der Waals surface area (Å²) in [6.07, 6.45) is 5.07. The second-order valence-corrected chi connectivity index (χ2v) is 26.6. The highest BCUT2D eigenvalue weighted by atomic mass is 32.1. The number of aliphatic hydroxyl groups is 1. The molecule has 5 aromatic rings. The summed E-state index contributed by atoms with van der Waals surface area (Å²) in [6.45, 7) is 14.4. The van der Waals surface area contributed by atoms with Crippen LogP contribution in [0.2, 0.25) is 0 Å². The number of piperazine rings is 2. The standard InChI is InChI=1S/C66H83F6N11O7S/c1-40-36-82(37-41(2)79(40)7)53-32-51(68)49(31-52(53)77-59(86)48-20-19-46(67)29-50(48)66(70,71)72)45-34-74-63(75-35-45)81-25-23-80(24-26-81)56(85)16-14-12-10-8-9-11-13-15-27-90-55-28-43(57-42(3)76-39-91-57)17-18-44(55)33-73-60(87)54-30-47(84)38-83(54)61(88)58(64(4,5)6)78-62(89)65(69)21-22-65/h17-20,28-29,31-32,34-35,39-41,47,54,58,84H,8-16,21-27,30,33,36-38H2,1-7H3,(H,73,87)(H,77,86)(H,78,89)/t40-,41+,47-,54+,58-/m1/s1. The summed E-state index contributed by atoms with van der Waals surface area (Å²) in [5.74, 6) is -3.75. The molecular formula is C66H83F6N11O7S. The summed E-state index contributed by atoms with van der Waals surface area (Å²) < 4.78 is 93.3. The van der Waals surface area contributed by atoms with Crippen molar-refractivity contribution in [2.24, 2.45) is 5.41 Å². The lowest BCUT2D eigenvalue weighted by molar-refractivity contribution is -0.145. The Labute approximate surface area is 531 Å². The van der Waals surface area contributed by atoms with E-state index in [1.54, 1.807) is 26.3 Å². The number of nitrogens with zero attached hydrogens (tertiary/aromatic N) is 8. The lowest BCUT2D eigenvalue weighted by Crippen LogP contribution is -2.59. The minimum atomic E-state index is -5.02. The van der Waals surface area contributed by atoms with Crippen LogP contribution < -0.4 is 30.5 Å². The van der Waals surface area contributed by atoms with Crippen molar-refractivity contribution in [2.45, 2.75) is 167 Å². The number of amides is 5. The molecular weight excluding hydrogens is 1200 g/mol. The maximum Gasteiger partial charge on any atom is 0.417 e. The molecule has 0 radical (unpaired) electrons. The van der Waals surface area contributed by atoms with E-state index >= 15 is 4.39 Å². The Hall–Kier alpha value is -7.38. The Morgan fingerprint density at radius 1 is 0.813 bits per heavy atom. The van der Waals surface area contributed by atoms with E-state index in [1.807, 2.05) is 60.7 Å². The number of hydrogen-bond donors (Lipinski definition) is 4. The lowest BCUT2D eigenvalue weighted by atomic mass is 9.85. The van der Waals surface area contributed by atoms with Crippen LogP contribution in [0.4, 0.5) is 43.7 Å². The molecule has 18 nitrogen and oxygen atoms in total. The fourth-order valence-electron chi connectivity index (χ4n) is 12.0. The molecule has 91 heavy (non-hydrogen) atoms. The van der Waals surface area contributed by atoms with E-state index in [-0.39, 0.29) is 78.9 Å². The van der Waals surface area contributed by atoms with Crippen molar-refractivity contribution in [2.75, 3.05) is 74.6 Å². The van der Waals surface area contributed by atoms with Crippen LogP contribution >= 0.6 is 11.3 Å². The quantitative estimate of drug-likeness (QED) is 0.0336. The smallest absolute Gasteiger partial charge is 0.417 e. The van der Waals surface area contributed by atoms with Crippen LogP contribution in [-0.4, -0.2) is 160 Å². The molecule has 5 amide bonds. The number of carbonyl (C=O) groups excluding carboxylic acids is 5. The number of benzene rings is 3. The van der Waals surface area contributed by atoms with Crippen LogP contribution in [0.25, 0.3) is 21.6 Å². The number of anilines is 3. The number of halogens is 6. The minimum Gasteiger partial charge on any atom is -0.493 e. The number of likely N-dealkylation sites (tertiary alicyclic amines) is 1. The van der Waals surface area contributed by atoms with Crippen LogP contribution in [0.3, 0.4) is 0 Å². The van der Waals surface area contributed by atoms with Gasteiger partial charge in [0.25, 0.3) is 11.8 Å². The van der Waals surface area contributed by atoms with Gasteiger partial charge in [0.15, 0.2) is 5.67 Å². The van der Waals surface area contributed by atoms with Gasteiger partial charge in [0.2, 0.25) is 23.7 Å². The zero-order valence-corrected chi connectivity index (χ0v) is 53.6. The Bertz CT molecular complexity index is 3400. The van der Waals surface area contributed by atoms with Crippen molar-refractivity contribution < 1.29 is 60.2 Å². The number of nitrogens with one attached hydrogen (secondary N) is 3. The molecule has 4 aliphatic rings. The van der Waals surface area contributed by atoms with Gasteiger partial charge < -0.3 is 45.4 Å². The molecule has 1 aliphatic carbocycles. The first kappa shape index (κ1) is 68.0. The second kappa shape index (κ2) is 29.1. The number of aliphatic hydroxyl groups excluding tert-OH is 1. The van der Waals surface area contributed by atoms with Gasteiger partial charge in [0.05, 0.1) is 51.3 Å². The topological polar surface area (TPSA) is 206 Å². The molecule has 0 bridgehead atoms. The maximum atomic E-state index is 16.2. The van der Waals surface area contributed by atoms with E-state index in [0.29, 0.717) is 64.0 Å². The first-order valence-electron chi connectivity index (χ1n) is 31.4. The predicted molar refractivity (Wildman–Crippen MR) is 336 cm³/mol. The minimum absolute atomic E-state index is 0.00720. The Morgan fingerprint density at radius 3 is 2.10 bits per heavy atom. The van der Waals surface area contributed by atoms with E-state index in [4.69, 9.17) is 4.74 Å². The summed E-state index contributed by atoms with van der Waals surface area (Å²) >= 11 is 1.52. The van der Waals surface area contributed by atoms with Gasteiger partial charge in [0, 0.05) is 106 Å². The molecule has 4 fully saturated rings. The first-order chi connectivity index (χ1) is 43.2. The SMILES string of the molecule is Cc1ncsc1-c1ccc(CNC(=O)[C@@H]2C[C@@H](O)CN2C(=O)[C@@H](NC(=O)C2(F)CC2)C(C)(C)C)c(OCCCCCCCCCCC(=O)N2CCN(c3ncc(-c4cc(NC(=O)c5ccc(F)cc5C(F)(F)F)c(N5C[C@@H](C)N(C)[C@@H](C)C5)cc4F)cn3)CC2)c1. The van der Waals surface area contributed by atoms with Crippen LogP contribution in [-0.2, 0) is 31.9 Å². The van der Waals surface area contributed by atoms with Crippen molar-refractivity contribution in [3.63, 3.8) is 0 Å². The van der Waals surface area contributed by atoms with Crippen molar-refractivity contribution >= 4 is 58.2 Å². The van der Waals surface area contributed by atoms with Crippen LogP contribution in [0, 0.1) is 24.0 Å². The fraction of sp³-hybridized carbons (Fsp3) is 0.545. The highest BCUT2D eigenvalue weighted by Gasteiger charge is 2.53. The first-order valence-corrected chi connectivity index (χ1v) is 32.3. The fourth-order valence-corrected chi connectivity index (χ4v) is 12.8. The number of likely N-dealkylation sites (N-methyl/N-ethyl adjacent to an activating group) is 1.